The van der Waals surface area contributed by atoms with Crippen LogP contribution in [0, 0.1) is 17.0 Å². The molecule has 0 radical (unpaired) electrons. The molecule has 0 aliphatic heterocycles. The van der Waals surface area contributed by atoms with E-state index in [4.69, 9.17) is 23.2 Å². The monoisotopic (exact) mass is 360 g/mol. The summed E-state index contributed by atoms with van der Waals surface area (Å²) in [5.74, 6) is 0. The Morgan fingerprint density at radius 3 is 2.45 bits per heavy atom. The number of nitro groups is 1. The predicted molar refractivity (Wildman–Crippen MR) is 85.1 cm³/mol. The molecule has 0 saturated carbocycles. The summed E-state index contributed by atoms with van der Waals surface area (Å²) < 4.78 is 26.9. The van der Waals surface area contributed by atoms with E-state index in [1.807, 2.05) is 0 Å². The van der Waals surface area contributed by atoms with Crippen molar-refractivity contribution in [2.45, 2.75) is 11.8 Å². The van der Waals surface area contributed by atoms with Crippen LogP contribution in [0.25, 0.3) is 0 Å². The first-order chi connectivity index (χ1) is 10.2. The number of hydrogen-bond acceptors (Lipinski definition) is 4. The van der Waals surface area contributed by atoms with E-state index >= 15 is 0 Å². The van der Waals surface area contributed by atoms with Crippen LogP contribution in [-0.4, -0.2) is 13.3 Å². The first kappa shape index (κ1) is 16.5. The van der Waals surface area contributed by atoms with E-state index in [-0.39, 0.29) is 26.3 Å². The molecule has 0 aromatic heterocycles. The summed E-state index contributed by atoms with van der Waals surface area (Å²) in [7, 11) is -4.01. The molecule has 2 aromatic carbocycles. The van der Waals surface area contributed by atoms with Gasteiger partial charge in [0.2, 0.25) is 0 Å². The Bertz CT molecular complexity index is 853. The summed E-state index contributed by atoms with van der Waals surface area (Å²) in [6, 6.07) is 7.96. The van der Waals surface area contributed by atoms with Crippen molar-refractivity contribution in [2.24, 2.45) is 0 Å². The highest BCUT2D eigenvalue weighted by Gasteiger charge is 2.20. The molecular weight excluding hydrogens is 351 g/mol. The topological polar surface area (TPSA) is 89.3 Å². The Labute approximate surface area is 136 Å². The first-order valence-corrected chi connectivity index (χ1v) is 8.17. The lowest BCUT2D eigenvalue weighted by Gasteiger charge is -2.10. The lowest BCUT2D eigenvalue weighted by atomic mass is 10.2. The minimum Gasteiger partial charge on any atom is -0.279 e. The van der Waals surface area contributed by atoms with Gasteiger partial charge in [0, 0.05) is 17.2 Å². The normalized spacial score (nSPS) is 11.2. The number of hydrogen-bond donors (Lipinski definition) is 1. The Hall–Kier alpha value is -1.83. The van der Waals surface area contributed by atoms with Crippen LogP contribution in [0.15, 0.2) is 41.3 Å². The first-order valence-electron chi connectivity index (χ1n) is 5.93. The summed E-state index contributed by atoms with van der Waals surface area (Å²) in [4.78, 5) is 10.0. The van der Waals surface area contributed by atoms with Crippen LogP contribution in [0.4, 0.5) is 11.4 Å². The van der Waals surface area contributed by atoms with Gasteiger partial charge in [0.15, 0.2) is 0 Å². The number of halogens is 2. The third-order valence-corrected chi connectivity index (χ3v) is 4.81. The van der Waals surface area contributed by atoms with Crippen molar-refractivity contribution in [3.05, 3.63) is 62.1 Å². The van der Waals surface area contributed by atoms with E-state index in [1.165, 1.54) is 30.3 Å². The van der Waals surface area contributed by atoms with Crippen LogP contribution in [-0.2, 0) is 10.0 Å². The molecule has 0 heterocycles. The van der Waals surface area contributed by atoms with Gasteiger partial charge in [0.1, 0.15) is 4.90 Å². The Morgan fingerprint density at radius 2 is 1.82 bits per heavy atom. The zero-order chi connectivity index (χ0) is 16.5. The quantitative estimate of drug-likeness (QED) is 0.658. The van der Waals surface area contributed by atoms with Crippen molar-refractivity contribution in [3.63, 3.8) is 0 Å². The van der Waals surface area contributed by atoms with E-state index in [0.717, 1.165) is 6.07 Å². The highest BCUT2D eigenvalue weighted by molar-refractivity contribution is 7.92. The lowest BCUT2D eigenvalue weighted by molar-refractivity contribution is -0.384. The van der Waals surface area contributed by atoms with Gasteiger partial charge < -0.3 is 0 Å². The van der Waals surface area contributed by atoms with Crippen molar-refractivity contribution in [2.75, 3.05) is 4.72 Å². The van der Waals surface area contributed by atoms with Gasteiger partial charge in [-0.3, -0.25) is 14.8 Å². The van der Waals surface area contributed by atoms with E-state index in [9.17, 15) is 18.5 Å². The summed E-state index contributed by atoms with van der Waals surface area (Å²) >= 11 is 11.7. The molecule has 0 aliphatic rings. The van der Waals surface area contributed by atoms with Gasteiger partial charge in [-0.05, 0) is 36.8 Å². The standard InChI is InChI=1S/C13H10Cl2N2O4S/c1-8-4-10(7-11(5-8)17(18)19)16-22(20,21)13-6-9(14)2-3-12(13)15/h2-7,16H,1H3. The Balaban J connectivity index is 2.45. The average molecular weight is 361 g/mol. The second-order valence-corrected chi connectivity index (χ2v) is 6.99. The summed E-state index contributed by atoms with van der Waals surface area (Å²) in [5, 5.41) is 11.0. The molecule has 6 nitrogen and oxygen atoms in total. The number of non-ortho nitro benzene ring substituents is 1. The van der Waals surface area contributed by atoms with Gasteiger partial charge in [-0.2, -0.15) is 0 Å². The highest BCUT2D eigenvalue weighted by atomic mass is 35.5. The molecule has 22 heavy (non-hydrogen) atoms. The van der Waals surface area contributed by atoms with E-state index in [0.29, 0.717) is 5.56 Å². The van der Waals surface area contributed by atoms with Crippen LogP contribution in [0.5, 0.6) is 0 Å². The van der Waals surface area contributed by atoms with Crippen LogP contribution in [0.2, 0.25) is 10.0 Å². The molecule has 0 unspecified atom stereocenters. The zero-order valence-electron chi connectivity index (χ0n) is 11.2. The average Bonchev–Trinajstić information content (AvgIpc) is 2.40. The molecule has 1 N–H and O–H groups in total. The second kappa shape index (κ2) is 6.12. The van der Waals surface area contributed by atoms with Gasteiger partial charge >= 0.3 is 0 Å². The van der Waals surface area contributed by atoms with Crippen molar-refractivity contribution in [1.82, 2.24) is 0 Å². The molecule has 0 saturated heterocycles. The molecule has 2 rings (SSSR count). The maximum Gasteiger partial charge on any atom is 0.271 e. The van der Waals surface area contributed by atoms with Gasteiger partial charge in [-0.1, -0.05) is 23.2 Å². The van der Waals surface area contributed by atoms with Crippen LogP contribution in [0.1, 0.15) is 5.56 Å². The molecule has 116 valence electrons. The van der Waals surface area contributed by atoms with E-state index in [2.05, 4.69) is 4.72 Å². The van der Waals surface area contributed by atoms with Crippen molar-refractivity contribution < 1.29 is 13.3 Å². The minimum atomic E-state index is -4.01. The Morgan fingerprint density at radius 1 is 1.14 bits per heavy atom. The number of aryl methyl sites for hydroxylation is 1. The Kier molecular flexibility index (Phi) is 4.60. The highest BCUT2D eigenvalue weighted by Crippen LogP contribution is 2.28. The zero-order valence-corrected chi connectivity index (χ0v) is 13.5. The fraction of sp³-hybridized carbons (Fsp3) is 0.0769. The van der Waals surface area contributed by atoms with Crippen LogP contribution >= 0.6 is 23.2 Å². The predicted octanol–water partition coefficient (Wildman–Crippen LogP) is 4.01. The molecule has 0 aliphatic carbocycles. The van der Waals surface area contributed by atoms with Gasteiger partial charge in [0.25, 0.3) is 15.7 Å². The molecule has 9 heteroatoms. The van der Waals surface area contributed by atoms with Gasteiger partial charge in [-0.25, -0.2) is 8.42 Å². The van der Waals surface area contributed by atoms with Crippen molar-refractivity contribution in [1.29, 1.82) is 0 Å². The number of rotatable bonds is 4. The third-order valence-electron chi connectivity index (χ3n) is 2.71. The third kappa shape index (κ3) is 3.68. The van der Waals surface area contributed by atoms with Crippen LogP contribution < -0.4 is 4.72 Å². The molecular formula is C13H10Cl2N2O4S. The van der Waals surface area contributed by atoms with Crippen molar-refractivity contribution >= 4 is 44.6 Å². The fourth-order valence-electron chi connectivity index (χ4n) is 1.82. The lowest BCUT2D eigenvalue weighted by Crippen LogP contribution is -2.13. The molecule has 0 fully saturated rings. The fourth-order valence-corrected chi connectivity index (χ4v) is 3.62. The molecule has 0 atom stereocenters. The molecule has 0 amide bonds. The summed E-state index contributed by atoms with van der Waals surface area (Å²) in [6.07, 6.45) is 0. The maximum absolute atomic E-state index is 12.3. The number of anilines is 1. The number of nitrogens with zero attached hydrogens (tertiary/aromatic N) is 1. The summed E-state index contributed by atoms with van der Waals surface area (Å²) in [5.41, 5.74) is 0.404. The van der Waals surface area contributed by atoms with Crippen LogP contribution in [0.3, 0.4) is 0 Å². The second-order valence-electron chi connectivity index (χ2n) is 4.49. The molecule has 2 aromatic rings. The minimum absolute atomic E-state index is 0.000877. The molecule has 0 bridgehead atoms. The van der Waals surface area contributed by atoms with Gasteiger partial charge in [0.05, 0.1) is 15.6 Å². The largest absolute Gasteiger partial charge is 0.279 e. The smallest absolute Gasteiger partial charge is 0.271 e. The number of sulfonamides is 1. The van der Waals surface area contributed by atoms with Crippen molar-refractivity contribution in [3.8, 4) is 0 Å². The van der Waals surface area contributed by atoms with Gasteiger partial charge in [-0.15, -0.1) is 0 Å². The molecule has 0 spiro atoms. The number of nitro benzene ring substituents is 1. The van der Waals surface area contributed by atoms with E-state index < -0.39 is 14.9 Å². The maximum atomic E-state index is 12.3. The number of benzene rings is 2. The number of nitrogens with one attached hydrogen (secondary N) is 1. The van der Waals surface area contributed by atoms with E-state index in [1.54, 1.807) is 6.92 Å². The SMILES string of the molecule is Cc1cc(NS(=O)(=O)c2cc(Cl)ccc2Cl)cc([N+](=O)[O-])c1. The summed E-state index contributed by atoms with van der Waals surface area (Å²) in [6.45, 7) is 1.62.